The minimum Gasteiger partial charge on any atom is -0.495 e. The largest absolute Gasteiger partial charge is 0.495 e. The first kappa shape index (κ1) is 21.5. The second kappa shape index (κ2) is 9.58. The molecule has 1 aromatic heterocycles. The molecule has 2 saturated carbocycles. The lowest BCUT2D eigenvalue weighted by Gasteiger charge is -2.14. The van der Waals surface area contributed by atoms with E-state index in [9.17, 15) is 9.00 Å². The Hall–Kier alpha value is -1.77. The van der Waals surface area contributed by atoms with Gasteiger partial charge in [0.2, 0.25) is 5.91 Å². The Morgan fingerprint density at radius 3 is 2.57 bits per heavy atom. The van der Waals surface area contributed by atoms with Crippen molar-refractivity contribution in [3.63, 3.8) is 0 Å². The highest BCUT2D eigenvalue weighted by Crippen LogP contribution is 2.37. The van der Waals surface area contributed by atoms with Crippen molar-refractivity contribution in [2.24, 2.45) is 5.92 Å². The lowest BCUT2D eigenvalue weighted by molar-refractivity contribution is -0.119. The summed E-state index contributed by atoms with van der Waals surface area (Å²) in [7, 11) is 0.257. The molecule has 2 aliphatic rings. The third-order valence-corrected chi connectivity index (χ3v) is 8.39. The van der Waals surface area contributed by atoms with Gasteiger partial charge in [0, 0.05) is 12.0 Å². The van der Waals surface area contributed by atoms with Crippen molar-refractivity contribution in [2.75, 3.05) is 12.4 Å². The van der Waals surface area contributed by atoms with Crippen LogP contribution in [-0.2, 0) is 15.8 Å². The maximum atomic E-state index is 13.0. The predicted molar refractivity (Wildman–Crippen MR) is 121 cm³/mol. The molecule has 0 bridgehead atoms. The molecular weight excluding hydrogens is 418 g/mol. The first-order chi connectivity index (χ1) is 14.5. The average Bonchev–Trinajstić information content (AvgIpc) is 3.50. The van der Waals surface area contributed by atoms with Crippen LogP contribution in [0.2, 0.25) is 0 Å². The Kier molecular flexibility index (Phi) is 6.85. The molecule has 162 valence electrons. The average molecular weight is 448 g/mol. The van der Waals surface area contributed by atoms with Gasteiger partial charge in [0.15, 0.2) is 5.13 Å². The van der Waals surface area contributed by atoms with E-state index in [0.29, 0.717) is 21.8 Å². The fraction of sp³-hybridized carbons (Fsp3) is 0.545. The number of ether oxygens (including phenoxy) is 1. The van der Waals surface area contributed by atoms with Gasteiger partial charge in [-0.25, -0.2) is 13.9 Å². The van der Waals surface area contributed by atoms with Gasteiger partial charge in [-0.05, 0) is 56.4 Å². The first-order valence-corrected chi connectivity index (χ1v) is 12.7. The number of methoxy groups -OCH3 is 1. The Morgan fingerprint density at radius 1 is 1.17 bits per heavy atom. The summed E-state index contributed by atoms with van der Waals surface area (Å²) >= 11 is 1.46. The summed E-state index contributed by atoms with van der Waals surface area (Å²) in [6.45, 7) is 1.94. The maximum absolute atomic E-state index is 13.0. The molecule has 1 heterocycles. The number of hydrogen-bond acceptors (Lipinski definition) is 5. The van der Waals surface area contributed by atoms with Gasteiger partial charge in [-0.15, -0.1) is 0 Å². The molecule has 1 aromatic carbocycles. The van der Waals surface area contributed by atoms with Crippen LogP contribution >= 0.6 is 11.3 Å². The molecule has 0 radical (unpaired) electrons. The monoisotopic (exact) mass is 447 g/mol. The smallest absolute Gasteiger partial charge is 0.229 e. The Morgan fingerprint density at radius 2 is 1.87 bits per heavy atom. The van der Waals surface area contributed by atoms with Crippen molar-refractivity contribution in [3.05, 3.63) is 23.9 Å². The van der Waals surface area contributed by atoms with Gasteiger partial charge in [-0.1, -0.05) is 37.0 Å². The molecule has 1 atom stereocenters. The molecule has 2 N–H and O–H groups in total. The first-order valence-electron chi connectivity index (χ1n) is 10.7. The van der Waals surface area contributed by atoms with Crippen LogP contribution in [0.1, 0.15) is 57.1 Å². The number of amides is 1. The maximum Gasteiger partial charge on any atom is 0.229 e. The summed E-state index contributed by atoms with van der Waals surface area (Å²) in [5.41, 5.74) is 1.79. The Bertz CT molecular complexity index is 932. The van der Waals surface area contributed by atoms with E-state index in [4.69, 9.17) is 4.74 Å². The van der Waals surface area contributed by atoms with Gasteiger partial charge >= 0.3 is 0 Å². The van der Waals surface area contributed by atoms with E-state index in [0.717, 1.165) is 54.7 Å². The summed E-state index contributed by atoms with van der Waals surface area (Å²) in [5.74, 6) is 0.791. The van der Waals surface area contributed by atoms with Gasteiger partial charge in [0.25, 0.3) is 0 Å². The minimum absolute atomic E-state index is 0.0742. The zero-order valence-corrected chi connectivity index (χ0v) is 19.2. The van der Waals surface area contributed by atoms with Crippen LogP contribution in [0.4, 0.5) is 5.13 Å². The van der Waals surface area contributed by atoms with Gasteiger partial charge in [0.05, 0.1) is 22.6 Å². The molecule has 2 fully saturated rings. The van der Waals surface area contributed by atoms with Crippen LogP contribution in [0, 0.1) is 12.8 Å². The van der Waals surface area contributed by atoms with E-state index >= 15 is 0 Å². The molecule has 0 aliphatic heterocycles. The summed E-state index contributed by atoms with van der Waals surface area (Å²) in [4.78, 5) is 18.6. The second-order valence-corrected chi connectivity index (χ2v) is 10.3. The van der Waals surface area contributed by atoms with E-state index in [1.165, 1.54) is 24.2 Å². The van der Waals surface area contributed by atoms with Crippen LogP contribution < -0.4 is 14.8 Å². The van der Waals surface area contributed by atoms with Crippen LogP contribution in [0.15, 0.2) is 23.1 Å². The van der Waals surface area contributed by atoms with Crippen LogP contribution in [0.25, 0.3) is 10.4 Å². The SMILES string of the molecule is COc1ccc(-c2sc(NC(=O)C3CCCC3)nc2C)cc1S(=O)NC1CCCC1. The minimum atomic E-state index is -1.34. The fourth-order valence-corrected chi connectivity index (χ4v) is 6.53. The van der Waals surface area contributed by atoms with Gasteiger partial charge in [-0.3, -0.25) is 4.79 Å². The zero-order chi connectivity index (χ0) is 21.1. The quantitative estimate of drug-likeness (QED) is 0.638. The van der Waals surface area contributed by atoms with Crippen molar-refractivity contribution in [1.29, 1.82) is 0 Å². The molecule has 0 spiro atoms. The summed E-state index contributed by atoms with van der Waals surface area (Å²) in [6.07, 6.45) is 8.66. The van der Waals surface area contributed by atoms with Crippen molar-refractivity contribution in [3.8, 4) is 16.2 Å². The summed E-state index contributed by atoms with van der Waals surface area (Å²) in [5, 5.41) is 3.62. The van der Waals surface area contributed by atoms with Crippen molar-refractivity contribution < 1.29 is 13.7 Å². The summed E-state index contributed by atoms with van der Waals surface area (Å²) in [6, 6.07) is 6.02. The highest BCUT2D eigenvalue weighted by molar-refractivity contribution is 7.83. The van der Waals surface area contributed by atoms with E-state index < -0.39 is 11.0 Å². The normalized spacial score (nSPS) is 18.6. The number of aromatic nitrogens is 1. The fourth-order valence-electron chi connectivity index (χ4n) is 4.33. The number of nitrogens with zero attached hydrogens (tertiary/aromatic N) is 1. The van der Waals surface area contributed by atoms with E-state index in [1.54, 1.807) is 7.11 Å². The number of nitrogens with one attached hydrogen (secondary N) is 2. The lowest BCUT2D eigenvalue weighted by atomic mass is 10.1. The Balaban J connectivity index is 1.55. The molecule has 6 nitrogen and oxygen atoms in total. The molecule has 30 heavy (non-hydrogen) atoms. The van der Waals surface area contributed by atoms with Crippen molar-refractivity contribution in [1.82, 2.24) is 9.71 Å². The zero-order valence-electron chi connectivity index (χ0n) is 17.5. The number of benzene rings is 1. The van der Waals surface area contributed by atoms with Crippen LogP contribution in [0.5, 0.6) is 5.75 Å². The van der Waals surface area contributed by atoms with Crippen molar-refractivity contribution in [2.45, 2.75) is 69.2 Å². The van der Waals surface area contributed by atoms with Crippen LogP contribution in [0.3, 0.4) is 0 Å². The highest BCUT2D eigenvalue weighted by Gasteiger charge is 2.24. The summed E-state index contributed by atoms with van der Waals surface area (Å²) < 4.78 is 21.7. The lowest BCUT2D eigenvalue weighted by Crippen LogP contribution is -2.28. The predicted octanol–water partition coefficient (Wildman–Crippen LogP) is 4.81. The number of hydrogen-bond donors (Lipinski definition) is 2. The number of carbonyl (C=O) groups excluding carboxylic acids is 1. The number of thiazole rings is 1. The number of anilines is 1. The second-order valence-electron chi connectivity index (χ2n) is 8.14. The van der Waals surface area contributed by atoms with E-state index in [1.807, 2.05) is 25.1 Å². The Labute approximate surface area is 184 Å². The van der Waals surface area contributed by atoms with Gasteiger partial charge < -0.3 is 10.1 Å². The molecule has 2 aliphatic carbocycles. The number of aryl methyl sites for hydroxylation is 1. The highest BCUT2D eigenvalue weighted by atomic mass is 32.2. The van der Waals surface area contributed by atoms with Gasteiger partial charge in [0.1, 0.15) is 16.7 Å². The van der Waals surface area contributed by atoms with E-state index in [-0.39, 0.29) is 11.8 Å². The number of carbonyl (C=O) groups is 1. The topological polar surface area (TPSA) is 80.3 Å². The molecular formula is C22H29N3O3S2. The van der Waals surface area contributed by atoms with Gasteiger partial charge in [-0.2, -0.15) is 0 Å². The standard InChI is InChI=1S/C22H29N3O3S2/c1-14-20(29-22(23-14)24-21(26)15-7-3-4-8-15)16-11-12-18(28-2)19(13-16)30(27)25-17-9-5-6-10-17/h11-13,15,17,25H,3-10H2,1-2H3,(H,23,24,26). The molecule has 2 aromatic rings. The molecule has 8 heteroatoms. The molecule has 0 saturated heterocycles. The number of rotatable bonds is 7. The van der Waals surface area contributed by atoms with E-state index in [2.05, 4.69) is 15.0 Å². The molecule has 4 rings (SSSR count). The molecule has 1 unspecified atom stereocenters. The van der Waals surface area contributed by atoms with Crippen LogP contribution in [-0.4, -0.2) is 28.3 Å². The van der Waals surface area contributed by atoms with Crippen molar-refractivity contribution >= 4 is 33.4 Å². The molecule has 1 amide bonds. The third kappa shape index (κ3) is 4.76. The third-order valence-electron chi connectivity index (χ3n) is 6.01.